The van der Waals surface area contributed by atoms with Crippen LogP contribution in [0, 0.1) is 17.8 Å². The molecule has 0 heterocycles. The normalized spacial score (nSPS) is 22.1. The smallest absolute Gasteiger partial charge is 0.308 e. The molecule has 1 aliphatic carbocycles. The number of carbonyl (C=O) groups is 2. The van der Waals surface area contributed by atoms with Gasteiger partial charge in [-0.05, 0) is 50.9 Å². The van der Waals surface area contributed by atoms with Gasteiger partial charge < -0.3 is 9.47 Å². The summed E-state index contributed by atoms with van der Waals surface area (Å²) in [6.45, 7) is 7.34. The van der Waals surface area contributed by atoms with E-state index in [4.69, 9.17) is 9.47 Å². The molecule has 0 aromatic carbocycles. The molecule has 0 aliphatic heterocycles. The molecular formula is C17H30O4. The summed E-state index contributed by atoms with van der Waals surface area (Å²) in [7, 11) is 0. The van der Waals surface area contributed by atoms with Crippen molar-refractivity contribution in [1.82, 2.24) is 0 Å². The van der Waals surface area contributed by atoms with Crippen LogP contribution in [-0.2, 0) is 19.1 Å². The lowest BCUT2D eigenvalue weighted by Crippen LogP contribution is -2.28. The van der Waals surface area contributed by atoms with Gasteiger partial charge in [-0.1, -0.05) is 20.8 Å². The van der Waals surface area contributed by atoms with Crippen LogP contribution in [0.15, 0.2) is 0 Å². The minimum Gasteiger partial charge on any atom is -0.465 e. The fourth-order valence-electron chi connectivity index (χ4n) is 2.67. The van der Waals surface area contributed by atoms with Crippen LogP contribution in [0.1, 0.15) is 65.7 Å². The van der Waals surface area contributed by atoms with E-state index < -0.39 is 0 Å². The van der Waals surface area contributed by atoms with Gasteiger partial charge in [0, 0.05) is 0 Å². The van der Waals surface area contributed by atoms with Gasteiger partial charge in [-0.3, -0.25) is 9.59 Å². The van der Waals surface area contributed by atoms with Crippen LogP contribution in [0.25, 0.3) is 0 Å². The third kappa shape index (κ3) is 6.96. The molecule has 1 rings (SSSR count). The molecule has 122 valence electrons. The first-order chi connectivity index (χ1) is 10.0. The molecule has 0 amide bonds. The van der Waals surface area contributed by atoms with Crippen molar-refractivity contribution in [3.8, 4) is 0 Å². The highest BCUT2D eigenvalue weighted by atomic mass is 16.5. The molecule has 0 aromatic heterocycles. The van der Waals surface area contributed by atoms with Gasteiger partial charge in [-0.15, -0.1) is 0 Å². The van der Waals surface area contributed by atoms with Crippen molar-refractivity contribution in [1.29, 1.82) is 0 Å². The Kier molecular flexibility index (Phi) is 8.40. The zero-order valence-electron chi connectivity index (χ0n) is 13.7. The Morgan fingerprint density at radius 2 is 1.43 bits per heavy atom. The first-order valence-electron chi connectivity index (χ1n) is 8.37. The van der Waals surface area contributed by atoms with Crippen LogP contribution in [0.3, 0.4) is 0 Å². The quantitative estimate of drug-likeness (QED) is 0.506. The number of hydrogen-bond acceptors (Lipinski definition) is 4. The lowest BCUT2D eigenvalue weighted by atomic mass is 9.82. The van der Waals surface area contributed by atoms with Crippen LogP contribution in [0.5, 0.6) is 0 Å². The first-order valence-corrected chi connectivity index (χ1v) is 8.37. The van der Waals surface area contributed by atoms with Crippen molar-refractivity contribution < 1.29 is 19.1 Å². The average Bonchev–Trinajstić information content (AvgIpc) is 2.49. The average molecular weight is 298 g/mol. The Morgan fingerprint density at radius 3 is 1.86 bits per heavy atom. The molecule has 1 aliphatic rings. The summed E-state index contributed by atoms with van der Waals surface area (Å²) < 4.78 is 10.5. The van der Waals surface area contributed by atoms with E-state index in [1.165, 1.54) is 0 Å². The topological polar surface area (TPSA) is 52.6 Å². The Hall–Kier alpha value is -1.06. The van der Waals surface area contributed by atoms with E-state index in [1.807, 2.05) is 6.92 Å². The molecule has 1 fully saturated rings. The van der Waals surface area contributed by atoms with Gasteiger partial charge >= 0.3 is 11.9 Å². The number of esters is 2. The van der Waals surface area contributed by atoms with Crippen LogP contribution >= 0.6 is 0 Å². The zero-order valence-corrected chi connectivity index (χ0v) is 13.7. The van der Waals surface area contributed by atoms with Gasteiger partial charge in [-0.25, -0.2) is 0 Å². The fourth-order valence-corrected chi connectivity index (χ4v) is 2.67. The van der Waals surface area contributed by atoms with E-state index in [0.717, 1.165) is 44.9 Å². The number of rotatable bonds is 8. The Morgan fingerprint density at radius 1 is 0.952 bits per heavy atom. The predicted octanol–water partition coefficient (Wildman–Crippen LogP) is 3.73. The first kappa shape index (κ1) is 18.0. The summed E-state index contributed by atoms with van der Waals surface area (Å²) in [4.78, 5) is 23.7. The fraction of sp³-hybridized carbons (Fsp3) is 0.882. The Labute approximate surface area is 128 Å². The van der Waals surface area contributed by atoms with E-state index >= 15 is 0 Å². The SMILES string of the molecule is CCCOC(=O)C1CCC(C(=O)OCCCC(C)C)CC1. The van der Waals surface area contributed by atoms with Gasteiger partial charge in [0.15, 0.2) is 0 Å². The molecule has 0 bridgehead atoms. The molecule has 0 radical (unpaired) electrons. The zero-order chi connectivity index (χ0) is 15.7. The summed E-state index contributed by atoms with van der Waals surface area (Å²) in [5, 5.41) is 0. The molecule has 0 saturated heterocycles. The summed E-state index contributed by atoms with van der Waals surface area (Å²) in [6, 6.07) is 0. The van der Waals surface area contributed by atoms with Crippen LogP contribution in [-0.4, -0.2) is 25.2 Å². The minimum atomic E-state index is -0.0967. The van der Waals surface area contributed by atoms with Gasteiger partial charge in [0.1, 0.15) is 0 Å². The maximum absolute atomic E-state index is 12.0. The highest BCUT2D eigenvalue weighted by Gasteiger charge is 2.31. The van der Waals surface area contributed by atoms with Gasteiger partial charge in [-0.2, -0.15) is 0 Å². The largest absolute Gasteiger partial charge is 0.465 e. The lowest BCUT2D eigenvalue weighted by molar-refractivity contribution is -0.155. The highest BCUT2D eigenvalue weighted by Crippen LogP contribution is 2.30. The maximum Gasteiger partial charge on any atom is 0.308 e. The molecule has 21 heavy (non-hydrogen) atoms. The third-order valence-electron chi connectivity index (χ3n) is 4.01. The minimum absolute atomic E-state index is 0.0264. The van der Waals surface area contributed by atoms with E-state index in [2.05, 4.69) is 13.8 Å². The molecule has 4 nitrogen and oxygen atoms in total. The molecule has 0 spiro atoms. The molecule has 4 heteroatoms. The molecule has 1 saturated carbocycles. The third-order valence-corrected chi connectivity index (χ3v) is 4.01. The van der Waals surface area contributed by atoms with E-state index in [0.29, 0.717) is 19.1 Å². The van der Waals surface area contributed by atoms with E-state index in [1.54, 1.807) is 0 Å². The Bertz CT molecular complexity index is 317. The summed E-state index contributed by atoms with van der Waals surface area (Å²) in [5.41, 5.74) is 0. The van der Waals surface area contributed by atoms with Crippen molar-refractivity contribution in [2.45, 2.75) is 65.7 Å². The van der Waals surface area contributed by atoms with Gasteiger partial charge in [0.05, 0.1) is 25.0 Å². The van der Waals surface area contributed by atoms with E-state index in [9.17, 15) is 9.59 Å². The second kappa shape index (κ2) is 9.80. The van der Waals surface area contributed by atoms with Crippen LogP contribution in [0.4, 0.5) is 0 Å². The van der Waals surface area contributed by atoms with Crippen LogP contribution in [0.2, 0.25) is 0 Å². The molecule has 0 N–H and O–H groups in total. The molecule has 0 aromatic rings. The summed E-state index contributed by atoms with van der Waals surface area (Å²) in [5.74, 6) is 0.411. The standard InChI is InChI=1S/C17H30O4/c1-4-11-20-16(18)14-7-9-15(10-8-14)17(19)21-12-5-6-13(2)3/h13-15H,4-12H2,1-3H3. The summed E-state index contributed by atoms with van der Waals surface area (Å²) >= 11 is 0. The number of ether oxygens (including phenoxy) is 2. The highest BCUT2D eigenvalue weighted by molar-refractivity contribution is 5.75. The number of hydrogen-bond donors (Lipinski definition) is 0. The summed E-state index contributed by atoms with van der Waals surface area (Å²) in [6.07, 6.45) is 5.85. The van der Waals surface area contributed by atoms with E-state index in [-0.39, 0.29) is 23.8 Å². The van der Waals surface area contributed by atoms with Crippen molar-refractivity contribution >= 4 is 11.9 Å². The van der Waals surface area contributed by atoms with Crippen molar-refractivity contribution in [3.63, 3.8) is 0 Å². The molecule has 0 atom stereocenters. The molecular weight excluding hydrogens is 268 g/mol. The second-order valence-corrected chi connectivity index (χ2v) is 6.42. The van der Waals surface area contributed by atoms with Crippen molar-refractivity contribution in [2.75, 3.05) is 13.2 Å². The molecule has 0 unspecified atom stereocenters. The van der Waals surface area contributed by atoms with Gasteiger partial charge in [0.2, 0.25) is 0 Å². The second-order valence-electron chi connectivity index (χ2n) is 6.42. The maximum atomic E-state index is 12.0. The lowest BCUT2D eigenvalue weighted by Gasteiger charge is -2.25. The van der Waals surface area contributed by atoms with Crippen molar-refractivity contribution in [3.05, 3.63) is 0 Å². The van der Waals surface area contributed by atoms with Crippen LogP contribution < -0.4 is 0 Å². The van der Waals surface area contributed by atoms with Gasteiger partial charge in [0.25, 0.3) is 0 Å². The van der Waals surface area contributed by atoms with Crippen molar-refractivity contribution in [2.24, 2.45) is 17.8 Å². The monoisotopic (exact) mass is 298 g/mol. The predicted molar refractivity (Wildman–Crippen MR) is 81.7 cm³/mol. The Balaban J connectivity index is 2.19. The number of carbonyl (C=O) groups excluding carboxylic acids is 2.